The minimum Gasteiger partial charge on any atom is -0.374 e. The lowest BCUT2D eigenvalue weighted by atomic mass is 9.82. The highest BCUT2D eigenvalue weighted by atomic mass is 19.4. The van der Waals surface area contributed by atoms with Crippen LogP contribution in [0.15, 0.2) is 0 Å². The molecule has 19 heavy (non-hydrogen) atoms. The van der Waals surface area contributed by atoms with Gasteiger partial charge in [0, 0.05) is 0 Å². The molecule has 2 saturated carbocycles. The molecule has 112 valence electrons. The number of alkyl halides is 6. The van der Waals surface area contributed by atoms with Gasteiger partial charge >= 0.3 is 12.4 Å². The van der Waals surface area contributed by atoms with Crippen molar-refractivity contribution in [2.24, 2.45) is 17.8 Å². The lowest BCUT2D eigenvalue weighted by molar-refractivity contribution is -0.370. The third kappa shape index (κ3) is 2.58. The maximum atomic E-state index is 12.5. The van der Waals surface area contributed by atoms with Crippen molar-refractivity contribution in [1.82, 2.24) is 0 Å². The van der Waals surface area contributed by atoms with Crippen molar-refractivity contribution >= 4 is 0 Å². The molecule has 1 N–H and O–H groups in total. The molecule has 2 aliphatic carbocycles. The molecule has 3 unspecified atom stereocenters. The van der Waals surface area contributed by atoms with Gasteiger partial charge in [0.2, 0.25) is 0 Å². The summed E-state index contributed by atoms with van der Waals surface area (Å²) in [6, 6.07) is 0. The number of fused-ring (bicyclic) bond motifs is 2. The fourth-order valence-electron chi connectivity index (χ4n) is 3.57. The smallest absolute Gasteiger partial charge is 0.374 e. The number of hydrogen-bond acceptors (Lipinski definition) is 1. The second-order valence-corrected chi connectivity index (χ2v) is 5.83. The van der Waals surface area contributed by atoms with E-state index in [2.05, 4.69) is 0 Å². The van der Waals surface area contributed by atoms with E-state index in [9.17, 15) is 26.3 Å². The summed E-state index contributed by atoms with van der Waals surface area (Å²) in [4.78, 5) is 0. The summed E-state index contributed by atoms with van der Waals surface area (Å²) in [6.45, 7) is 0. The molecule has 0 heterocycles. The molecule has 2 fully saturated rings. The molecule has 0 amide bonds. The SMILES string of the molecule is OC(CCC1CC2CCC1C2)(C(F)(F)F)C(F)(F)F. The summed E-state index contributed by atoms with van der Waals surface area (Å²) < 4.78 is 75.0. The lowest BCUT2D eigenvalue weighted by Crippen LogP contribution is -2.57. The summed E-state index contributed by atoms with van der Waals surface area (Å²) in [5, 5.41) is 9.06. The van der Waals surface area contributed by atoms with Crippen molar-refractivity contribution in [2.75, 3.05) is 0 Å². The van der Waals surface area contributed by atoms with Crippen molar-refractivity contribution in [2.45, 2.75) is 56.5 Å². The van der Waals surface area contributed by atoms with E-state index in [1.807, 2.05) is 0 Å². The van der Waals surface area contributed by atoms with Gasteiger partial charge in [-0.2, -0.15) is 26.3 Å². The average molecular weight is 290 g/mol. The normalized spacial score (nSPS) is 32.1. The molecule has 7 heteroatoms. The molecule has 3 atom stereocenters. The van der Waals surface area contributed by atoms with Crippen LogP contribution in [0.1, 0.15) is 38.5 Å². The van der Waals surface area contributed by atoms with Gasteiger partial charge in [-0.1, -0.05) is 6.42 Å². The van der Waals surface area contributed by atoms with Crippen LogP contribution in [0.3, 0.4) is 0 Å². The van der Waals surface area contributed by atoms with E-state index in [0.29, 0.717) is 12.3 Å². The van der Waals surface area contributed by atoms with Crippen LogP contribution < -0.4 is 0 Å². The van der Waals surface area contributed by atoms with Gasteiger partial charge in [-0.15, -0.1) is 0 Å². The van der Waals surface area contributed by atoms with Crippen LogP contribution in [-0.4, -0.2) is 23.1 Å². The zero-order valence-corrected chi connectivity index (χ0v) is 10.2. The quantitative estimate of drug-likeness (QED) is 0.777. The molecule has 0 aromatic rings. The van der Waals surface area contributed by atoms with Crippen molar-refractivity contribution in [1.29, 1.82) is 0 Å². The Kier molecular flexibility index (Phi) is 3.56. The molecule has 0 spiro atoms. The third-order valence-corrected chi connectivity index (χ3v) is 4.70. The van der Waals surface area contributed by atoms with Crippen molar-refractivity contribution < 1.29 is 31.4 Å². The Hall–Kier alpha value is -0.460. The minimum absolute atomic E-state index is 0.102. The Morgan fingerprint density at radius 3 is 1.84 bits per heavy atom. The summed E-state index contributed by atoms with van der Waals surface area (Å²) in [5.74, 6) is 0.602. The molecule has 0 aliphatic heterocycles. The first kappa shape index (κ1) is 14.9. The highest BCUT2D eigenvalue weighted by Gasteiger charge is 2.69. The van der Waals surface area contributed by atoms with Crippen LogP contribution in [0.5, 0.6) is 0 Å². The predicted octanol–water partition coefficient (Wildman–Crippen LogP) is 4.06. The Labute approximate surface area is 107 Å². The van der Waals surface area contributed by atoms with Gasteiger partial charge in [0.25, 0.3) is 5.60 Å². The minimum atomic E-state index is -5.68. The Morgan fingerprint density at radius 1 is 0.895 bits per heavy atom. The number of hydrogen-bond donors (Lipinski definition) is 1. The van der Waals surface area contributed by atoms with E-state index >= 15 is 0 Å². The Morgan fingerprint density at radius 2 is 1.47 bits per heavy atom. The molecule has 0 aromatic heterocycles. The Bertz CT molecular complexity index is 320. The molecule has 1 nitrogen and oxygen atoms in total. The van der Waals surface area contributed by atoms with E-state index in [-0.39, 0.29) is 18.3 Å². The molecule has 0 aromatic carbocycles. The number of aliphatic hydroxyl groups is 1. The fourth-order valence-corrected chi connectivity index (χ4v) is 3.57. The summed E-state index contributed by atoms with van der Waals surface area (Å²) in [5.41, 5.74) is -4.57. The van der Waals surface area contributed by atoms with E-state index in [0.717, 1.165) is 19.3 Å². The fraction of sp³-hybridized carbons (Fsp3) is 1.00. The molecule has 2 aliphatic rings. The topological polar surface area (TPSA) is 20.2 Å². The second kappa shape index (κ2) is 4.53. The molecule has 2 rings (SSSR count). The first-order valence-corrected chi connectivity index (χ1v) is 6.40. The first-order chi connectivity index (χ1) is 8.54. The number of rotatable bonds is 3. The zero-order chi connectivity index (χ0) is 14.5. The van der Waals surface area contributed by atoms with E-state index in [1.54, 1.807) is 0 Å². The summed E-state index contributed by atoms with van der Waals surface area (Å²) >= 11 is 0. The van der Waals surface area contributed by atoms with Crippen LogP contribution in [0.25, 0.3) is 0 Å². The zero-order valence-electron chi connectivity index (χ0n) is 10.2. The van der Waals surface area contributed by atoms with Gasteiger partial charge in [-0.25, -0.2) is 0 Å². The van der Waals surface area contributed by atoms with Crippen LogP contribution in [0.4, 0.5) is 26.3 Å². The largest absolute Gasteiger partial charge is 0.426 e. The molecule has 2 bridgehead atoms. The van der Waals surface area contributed by atoms with E-state index in [4.69, 9.17) is 5.11 Å². The van der Waals surface area contributed by atoms with Crippen LogP contribution in [0.2, 0.25) is 0 Å². The van der Waals surface area contributed by atoms with Gasteiger partial charge in [-0.05, 0) is 49.9 Å². The highest BCUT2D eigenvalue weighted by Crippen LogP contribution is 2.52. The molecular weight excluding hydrogens is 274 g/mol. The molecular formula is C12H16F6O. The first-order valence-electron chi connectivity index (χ1n) is 6.40. The van der Waals surface area contributed by atoms with Gasteiger partial charge < -0.3 is 5.11 Å². The maximum Gasteiger partial charge on any atom is 0.426 e. The average Bonchev–Trinajstić information content (AvgIpc) is 2.83. The number of halogens is 6. The van der Waals surface area contributed by atoms with Crippen molar-refractivity contribution in [3.05, 3.63) is 0 Å². The van der Waals surface area contributed by atoms with Crippen LogP contribution in [-0.2, 0) is 0 Å². The predicted molar refractivity (Wildman–Crippen MR) is 55.2 cm³/mol. The Balaban J connectivity index is 2.02. The van der Waals surface area contributed by atoms with E-state index < -0.39 is 24.4 Å². The van der Waals surface area contributed by atoms with Crippen molar-refractivity contribution in [3.63, 3.8) is 0 Å². The second-order valence-electron chi connectivity index (χ2n) is 5.83. The van der Waals surface area contributed by atoms with Crippen LogP contribution in [0, 0.1) is 17.8 Å². The van der Waals surface area contributed by atoms with Crippen LogP contribution >= 0.6 is 0 Å². The van der Waals surface area contributed by atoms with Crippen molar-refractivity contribution in [3.8, 4) is 0 Å². The van der Waals surface area contributed by atoms with Gasteiger partial charge in [0.05, 0.1) is 0 Å². The van der Waals surface area contributed by atoms with Gasteiger partial charge in [-0.3, -0.25) is 0 Å². The van der Waals surface area contributed by atoms with Gasteiger partial charge in [0.1, 0.15) is 0 Å². The summed E-state index contributed by atoms with van der Waals surface area (Å²) in [7, 11) is 0. The van der Waals surface area contributed by atoms with E-state index in [1.165, 1.54) is 0 Å². The monoisotopic (exact) mass is 290 g/mol. The maximum absolute atomic E-state index is 12.5. The lowest BCUT2D eigenvalue weighted by Gasteiger charge is -2.34. The third-order valence-electron chi connectivity index (χ3n) is 4.70. The van der Waals surface area contributed by atoms with Gasteiger partial charge in [0.15, 0.2) is 0 Å². The molecule has 0 saturated heterocycles. The standard InChI is InChI=1S/C12H16F6O/c13-11(14,15)10(19,12(16,17)18)4-3-9-6-7-1-2-8(9)5-7/h7-9,19H,1-6H2. The highest BCUT2D eigenvalue weighted by molar-refractivity contribution is 4.96. The summed E-state index contributed by atoms with van der Waals surface area (Å²) in [6.07, 6.45) is -9.30. The molecule has 0 radical (unpaired) electrons.